The van der Waals surface area contributed by atoms with Crippen LogP contribution in [0.2, 0.25) is 0 Å². The predicted molar refractivity (Wildman–Crippen MR) is 63.0 cm³/mol. The predicted octanol–water partition coefficient (Wildman–Crippen LogP) is 2.33. The number of aliphatic hydroxyl groups is 1. The van der Waals surface area contributed by atoms with Gasteiger partial charge in [0.05, 0.1) is 11.6 Å². The smallest absolute Gasteiger partial charge is 0.132 e. The zero-order chi connectivity index (χ0) is 11.0. The number of nitrogens with zero attached hydrogens (tertiary/aromatic N) is 2. The van der Waals surface area contributed by atoms with E-state index in [-0.39, 0.29) is 6.10 Å². The Balaban J connectivity index is 2.63. The SMILES string of the molecule is Cc1cccn2c(CC(C)O)nc(Br)c12. The van der Waals surface area contributed by atoms with E-state index in [9.17, 15) is 5.11 Å². The van der Waals surface area contributed by atoms with E-state index in [1.807, 2.05) is 29.7 Å². The number of fused-ring (bicyclic) bond motifs is 1. The van der Waals surface area contributed by atoms with E-state index >= 15 is 0 Å². The van der Waals surface area contributed by atoms with Crippen LogP contribution in [0.5, 0.6) is 0 Å². The Bertz CT molecular complexity index is 491. The van der Waals surface area contributed by atoms with E-state index in [0.717, 1.165) is 15.9 Å². The van der Waals surface area contributed by atoms with Gasteiger partial charge in [0.15, 0.2) is 0 Å². The first kappa shape index (κ1) is 10.6. The molecule has 0 aromatic carbocycles. The minimum absolute atomic E-state index is 0.372. The molecule has 80 valence electrons. The van der Waals surface area contributed by atoms with Crippen molar-refractivity contribution in [2.75, 3.05) is 0 Å². The van der Waals surface area contributed by atoms with Crippen LogP contribution in [0.1, 0.15) is 18.3 Å². The largest absolute Gasteiger partial charge is 0.393 e. The summed E-state index contributed by atoms with van der Waals surface area (Å²) in [5.74, 6) is 0.885. The van der Waals surface area contributed by atoms with Gasteiger partial charge >= 0.3 is 0 Å². The van der Waals surface area contributed by atoms with Gasteiger partial charge in [0.1, 0.15) is 10.4 Å². The molecule has 0 spiro atoms. The quantitative estimate of drug-likeness (QED) is 0.908. The zero-order valence-corrected chi connectivity index (χ0v) is 10.3. The summed E-state index contributed by atoms with van der Waals surface area (Å²) in [6.07, 6.45) is 2.16. The molecule has 0 aliphatic rings. The molecule has 0 saturated carbocycles. The van der Waals surface area contributed by atoms with Gasteiger partial charge in [0.25, 0.3) is 0 Å². The third-order valence-electron chi connectivity index (χ3n) is 2.37. The van der Waals surface area contributed by atoms with Crippen molar-refractivity contribution in [1.82, 2.24) is 9.38 Å². The molecular formula is C11H13BrN2O. The van der Waals surface area contributed by atoms with Crippen molar-refractivity contribution in [3.8, 4) is 0 Å². The fourth-order valence-corrected chi connectivity index (χ4v) is 2.43. The molecule has 3 nitrogen and oxygen atoms in total. The monoisotopic (exact) mass is 268 g/mol. The van der Waals surface area contributed by atoms with Crippen LogP contribution in [-0.2, 0) is 6.42 Å². The standard InChI is InChI=1S/C11H13BrN2O/c1-7-4-3-5-14-9(6-8(2)15)13-11(12)10(7)14/h3-5,8,15H,6H2,1-2H3. The van der Waals surface area contributed by atoms with Crippen LogP contribution < -0.4 is 0 Å². The highest BCUT2D eigenvalue weighted by atomic mass is 79.9. The summed E-state index contributed by atoms with van der Waals surface area (Å²) in [7, 11) is 0. The molecule has 15 heavy (non-hydrogen) atoms. The van der Waals surface area contributed by atoms with Crippen molar-refractivity contribution < 1.29 is 5.11 Å². The first-order valence-corrected chi connectivity index (χ1v) is 5.69. The molecule has 2 aromatic rings. The second-order valence-electron chi connectivity index (χ2n) is 3.78. The Morgan fingerprint density at radius 2 is 2.33 bits per heavy atom. The lowest BCUT2D eigenvalue weighted by Crippen LogP contribution is -2.07. The van der Waals surface area contributed by atoms with Crippen molar-refractivity contribution in [2.24, 2.45) is 0 Å². The molecule has 1 N–H and O–H groups in total. The molecule has 0 aliphatic carbocycles. The van der Waals surface area contributed by atoms with Crippen LogP contribution in [0.15, 0.2) is 22.9 Å². The van der Waals surface area contributed by atoms with Crippen molar-refractivity contribution in [3.05, 3.63) is 34.3 Å². The number of aryl methyl sites for hydroxylation is 1. The third kappa shape index (κ3) is 1.92. The van der Waals surface area contributed by atoms with E-state index in [2.05, 4.69) is 20.9 Å². The zero-order valence-electron chi connectivity index (χ0n) is 8.74. The number of halogens is 1. The summed E-state index contributed by atoms with van der Waals surface area (Å²) in [6.45, 7) is 3.82. The van der Waals surface area contributed by atoms with E-state index in [1.54, 1.807) is 6.92 Å². The summed E-state index contributed by atoms with van der Waals surface area (Å²) in [5.41, 5.74) is 2.25. The number of imidazole rings is 1. The number of aromatic nitrogens is 2. The second-order valence-corrected chi connectivity index (χ2v) is 4.53. The molecule has 0 radical (unpaired) electrons. The highest BCUT2D eigenvalue weighted by Crippen LogP contribution is 2.22. The van der Waals surface area contributed by atoms with Gasteiger partial charge in [0.2, 0.25) is 0 Å². The highest BCUT2D eigenvalue weighted by molar-refractivity contribution is 9.10. The van der Waals surface area contributed by atoms with Gasteiger partial charge in [0, 0.05) is 12.6 Å². The van der Waals surface area contributed by atoms with Crippen LogP contribution in [-0.4, -0.2) is 20.6 Å². The molecule has 1 unspecified atom stereocenters. The van der Waals surface area contributed by atoms with Crippen LogP contribution in [0, 0.1) is 6.92 Å². The Hall–Kier alpha value is -0.870. The Labute approximate surface area is 96.9 Å². The topological polar surface area (TPSA) is 37.5 Å². The number of hydrogen-bond donors (Lipinski definition) is 1. The van der Waals surface area contributed by atoms with Crippen LogP contribution in [0.4, 0.5) is 0 Å². The maximum atomic E-state index is 9.38. The van der Waals surface area contributed by atoms with Gasteiger partial charge < -0.3 is 9.51 Å². The van der Waals surface area contributed by atoms with Gasteiger partial charge in [-0.25, -0.2) is 4.98 Å². The molecule has 2 heterocycles. The Morgan fingerprint density at radius 3 is 3.00 bits per heavy atom. The Kier molecular flexibility index (Phi) is 2.80. The number of pyridine rings is 1. The number of aliphatic hydroxyl groups excluding tert-OH is 1. The van der Waals surface area contributed by atoms with E-state index in [4.69, 9.17) is 0 Å². The summed E-state index contributed by atoms with van der Waals surface area (Å²) in [6, 6.07) is 4.04. The number of hydrogen-bond acceptors (Lipinski definition) is 2. The van der Waals surface area contributed by atoms with Gasteiger partial charge in [-0.2, -0.15) is 0 Å². The van der Waals surface area contributed by atoms with Gasteiger partial charge in [-0.05, 0) is 41.4 Å². The first-order chi connectivity index (χ1) is 7.09. The van der Waals surface area contributed by atoms with Crippen LogP contribution in [0.3, 0.4) is 0 Å². The minimum Gasteiger partial charge on any atom is -0.393 e. The van der Waals surface area contributed by atoms with E-state index < -0.39 is 0 Å². The molecule has 1 atom stereocenters. The maximum absolute atomic E-state index is 9.38. The van der Waals surface area contributed by atoms with Crippen LogP contribution >= 0.6 is 15.9 Å². The molecule has 0 bridgehead atoms. The molecule has 0 saturated heterocycles. The van der Waals surface area contributed by atoms with E-state index in [0.29, 0.717) is 6.42 Å². The van der Waals surface area contributed by atoms with Gasteiger partial charge in [-0.15, -0.1) is 0 Å². The fraction of sp³-hybridized carbons (Fsp3) is 0.364. The normalized spacial score (nSPS) is 13.3. The molecular weight excluding hydrogens is 256 g/mol. The van der Waals surface area contributed by atoms with Crippen molar-refractivity contribution in [2.45, 2.75) is 26.4 Å². The first-order valence-electron chi connectivity index (χ1n) is 4.89. The average Bonchev–Trinajstić information content (AvgIpc) is 2.44. The highest BCUT2D eigenvalue weighted by Gasteiger charge is 2.11. The second kappa shape index (κ2) is 3.94. The molecule has 4 heteroatoms. The van der Waals surface area contributed by atoms with Crippen molar-refractivity contribution in [3.63, 3.8) is 0 Å². The lowest BCUT2D eigenvalue weighted by Gasteiger charge is -2.04. The van der Waals surface area contributed by atoms with Gasteiger partial charge in [-0.3, -0.25) is 0 Å². The lowest BCUT2D eigenvalue weighted by molar-refractivity contribution is 0.192. The lowest BCUT2D eigenvalue weighted by atomic mass is 10.2. The summed E-state index contributed by atoms with van der Waals surface area (Å²) in [4.78, 5) is 4.41. The molecule has 0 fully saturated rings. The maximum Gasteiger partial charge on any atom is 0.132 e. The minimum atomic E-state index is -0.372. The summed E-state index contributed by atoms with van der Waals surface area (Å²) >= 11 is 3.44. The average molecular weight is 269 g/mol. The summed E-state index contributed by atoms with van der Waals surface area (Å²) < 4.78 is 2.86. The molecule has 2 aromatic heterocycles. The molecule has 2 rings (SSSR count). The fourth-order valence-electron chi connectivity index (χ4n) is 1.72. The van der Waals surface area contributed by atoms with Gasteiger partial charge in [-0.1, -0.05) is 6.07 Å². The Morgan fingerprint density at radius 1 is 1.60 bits per heavy atom. The molecule has 0 aliphatic heterocycles. The van der Waals surface area contributed by atoms with Crippen molar-refractivity contribution in [1.29, 1.82) is 0 Å². The molecule has 0 amide bonds. The van der Waals surface area contributed by atoms with E-state index in [1.165, 1.54) is 5.56 Å². The summed E-state index contributed by atoms with van der Waals surface area (Å²) in [5, 5.41) is 9.38. The number of rotatable bonds is 2. The third-order valence-corrected chi connectivity index (χ3v) is 2.93. The van der Waals surface area contributed by atoms with Crippen molar-refractivity contribution >= 4 is 21.4 Å². The van der Waals surface area contributed by atoms with Crippen LogP contribution in [0.25, 0.3) is 5.52 Å².